The van der Waals surface area contributed by atoms with Gasteiger partial charge in [0.05, 0.1) is 40.3 Å². The van der Waals surface area contributed by atoms with Crippen LogP contribution in [0.25, 0.3) is 0 Å². The molecule has 0 N–H and O–H groups in total. The molecule has 0 rings (SSSR count). The molecular weight excluding hydrogens is 715 g/mol. The molecule has 0 aromatic heterocycles. The van der Waals surface area contributed by atoms with Crippen LogP contribution in [0.1, 0.15) is 168 Å². The van der Waals surface area contributed by atoms with E-state index in [4.69, 9.17) is 14.2 Å². The van der Waals surface area contributed by atoms with Crippen LogP contribution in [0.2, 0.25) is 0 Å². The zero-order valence-electron chi connectivity index (χ0n) is 37.0. The molecule has 0 saturated heterocycles. The van der Waals surface area contributed by atoms with Gasteiger partial charge in [-0.25, -0.2) is 0 Å². The lowest BCUT2D eigenvalue weighted by Crippen LogP contribution is -2.55. The van der Waals surface area contributed by atoms with Gasteiger partial charge in [0.15, 0.2) is 6.10 Å². The van der Waals surface area contributed by atoms with Crippen LogP contribution in [0, 0.1) is 0 Å². The molecule has 0 fully saturated rings. The van der Waals surface area contributed by atoms with Gasteiger partial charge in [0.1, 0.15) is 12.6 Å². The van der Waals surface area contributed by atoms with Gasteiger partial charge in [0.2, 0.25) is 0 Å². The summed E-state index contributed by atoms with van der Waals surface area (Å²) in [4.78, 5) is 36.9. The van der Waals surface area contributed by atoms with Crippen molar-refractivity contribution in [2.45, 2.75) is 180 Å². The van der Waals surface area contributed by atoms with E-state index in [1.54, 1.807) is 21.1 Å². The number of carboxylic acids is 1. The number of quaternary nitrogens is 1. The van der Waals surface area contributed by atoms with Crippen molar-refractivity contribution in [3.63, 3.8) is 0 Å². The summed E-state index contributed by atoms with van der Waals surface area (Å²) in [6.45, 7) is 4.46. The number of rotatable bonds is 39. The second-order valence-corrected chi connectivity index (χ2v) is 16.0. The topological polar surface area (TPSA) is 102 Å². The molecule has 0 amide bonds. The average molecular weight is 798 g/mol. The molecule has 57 heavy (non-hydrogen) atoms. The minimum absolute atomic E-state index is 0.0200. The first-order valence-corrected chi connectivity index (χ1v) is 22.5. The lowest BCUT2D eigenvalue weighted by atomic mass is 10.1. The highest BCUT2D eigenvalue weighted by molar-refractivity contribution is 5.70. The summed E-state index contributed by atoms with van der Waals surface area (Å²) in [6.07, 6.45) is 49.3. The molecule has 0 heterocycles. The number of unbranched alkanes of at least 4 members (excludes halogenated alkanes) is 17. The van der Waals surface area contributed by atoms with E-state index in [1.807, 2.05) is 48.6 Å². The van der Waals surface area contributed by atoms with Gasteiger partial charge in [-0.2, -0.15) is 0 Å². The third kappa shape index (κ3) is 38.1. The number of ether oxygens (including phenoxy) is 3. The fourth-order valence-electron chi connectivity index (χ4n) is 6.20. The smallest absolute Gasteiger partial charge is 0.306 e. The lowest BCUT2D eigenvalue weighted by molar-refractivity contribution is -0.889. The third-order valence-corrected chi connectivity index (χ3v) is 9.70. The summed E-state index contributed by atoms with van der Waals surface area (Å²) in [6, 6.07) is -0.737. The monoisotopic (exact) mass is 798 g/mol. The molecule has 326 valence electrons. The van der Waals surface area contributed by atoms with Gasteiger partial charge in [-0.05, 0) is 57.8 Å². The number of likely N-dealkylation sites (N-methyl/N-ethyl adjacent to an activating group) is 1. The summed E-state index contributed by atoms with van der Waals surface area (Å²) in [5.41, 5.74) is 0. The highest BCUT2D eigenvalue weighted by Crippen LogP contribution is 2.13. The van der Waals surface area contributed by atoms with Gasteiger partial charge in [-0.3, -0.25) is 9.59 Å². The minimum Gasteiger partial charge on any atom is -0.544 e. The van der Waals surface area contributed by atoms with E-state index < -0.39 is 18.1 Å². The summed E-state index contributed by atoms with van der Waals surface area (Å²) >= 11 is 0. The van der Waals surface area contributed by atoms with Gasteiger partial charge >= 0.3 is 11.9 Å². The number of carboxylic acid groups (broad SMARTS) is 1. The molecule has 0 aliphatic rings. The van der Waals surface area contributed by atoms with Gasteiger partial charge in [0.25, 0.3) is 0 Å². The predicted molar refractivity (Wildman–Crippen MR) is 235 cm³/mol. The van der Waals surface area contributed by atoms with Crippen LogP contribution < -0.4 is 5.11 Å². The van der Waals surface area contributed by atoms with E-state index in [0.29, 0.717) is 12.8 Å². The van der Waals surface area contributed by atoms with Crippen LogP contribution >= 0.6 is 0 Å². The maximum atomic E-state index is 12.7. The highest BCUT2D eigenvalue weighted by atomic mass is 16.6. The maximum absolute atomic E-state index is 12.7. The van der Waals surface area contributed by atoms with Crippen molar-refractivity contribution in [3.8, 4) is 0 Å². The molecule has 0 saturated carbocycles. The minimum atomic E-state index is -1.14. The Kier molecular flexibility index (Phi) is 37.3. The van der Waals surface area contributed by atoms with Gasteiger partial charge < -0.3 is 28.6 Å². The number of hydrogen-bond acceptors (Lipinski definition) is 7. The van der Waals surface area contributed by atoms with E-state index >= 15 is 0 Å². The first-order valence-electron chi connectivity index (χ1n) is 22.5. The Balaban J connectivity index is 4.42. The van der Waals surface area contributed by atoms with Crippen molar-refractivity contribution in [1.29, 1.82) is 0 Å². The van der Waals surface area contributed by atoms with Crippen molar-refractivity contribution in [3.05, 3.63) is 72.9 Å². The Morgan fingerprint density at radius 2 is 1.00 bits per heavy atom. The van der Waals surface area contributed by atoms with Crippen LogP contribution in [0.15, 0.2) is 72.9 Å². The van der Waals surface area contributed by atoms with Gasteiger partial charge in [-0.15, -0.1) is 0 Å². The van der Waals surface area contributed by atoms with E-state index in [2.05, 4.69) is 38.2 Å². The third-order valence-electron chi connectivity index (χ3n) is 9.70. The Morgan fingerprint density at radius 1 is 0.544 bits per heavy atom. The van der Waals surface area contributed by atoms with Crippen molar-refractivity contribution in [2.24, 2.45) is 0 Å². The molecular formula is C49H83NO7. The number of carbonyl (C=O) groups excluding carboxylic acids is 3. The highest BCUT2D eigenvalue weighted by Gasteiger charge is 2.25. The Labute approximate surface area is 349 Å². The molecule has 2 unspecified atom stereocenters. The second-order valence-electron chi connectivity index (χ2n) is 16.0. The Hall–Kier alpha value is -3.23. The lowest BCUT2D eigenvalue weighted by Gasteiger charge is -2.34. The van der Waals surface area contributed by atoms with E-state index in [-0.39, 0.29) is 42.7 Å². The first-order chi connectivity index (χ1) is 27.6. The standard InChI is InChI=1S/C49H83NO7/c1-6-8-10-12-14-16-18-20-22-23-24-26-28-30-32-34-36-38-40-48(52)57-45(43-55-42-41-46(49(53)54)50(3,4)5)44-56-47(51)39-37-35-33-31-29-27-25-21-19-17-15-13-11-9-7-2/h9,11,13,15,17,19,21,24-27,29,45-46H,6-8,10,12,14,16,18,20,22-23,28,30-44H2,1-5H3/b11-9+,15-13+,19-17+,25-21+,26-24+,29-27+. The summed E-state index contributed by atoms with van der Waals surface area (Å²) < 4.78 is 17.1. The molecule has 0 spiro atoms. The molecule has 0 aromatic rings. The fourth-order valence-corrected chi connectivity index (χ4v) is 6.20. The number of carbonyl (C=O) groups is 3. The molecule has 0 aliphatic carbocycles. The SMILES string of the molecule is CC/C=C/C=C/C=C/C=C/C=C/CCCCCC(=O)OCC(COCCC(C(=O)[O-])[N+](C)(C)C)OC(=O)CCCCCCC/C=C/CCCCCCCCCCC. The van der Waals surface area contributed by atoms with E-state index in [0.717, 1.165) is 64.2 Å². The van der Waals surface area contributed by atoms with Gasteiger partial charge in [0, 0.05) is 19.3 Å². The largest absolute Gasteiger partial charge is 0.544 e. The molecule has 0 bridgehead atoms. The van der Waals surface area contributed by atoms with Crippen molar-refractivity contribution >= 4 is 17.9 Å². The van der Waals surface area contributed by atoms with Crippen LogP contribution in [0.5, 0.6) is 0 Å². The second kappa shape index (κ2) is 39.6. The summed E-state index contributed by atoms with van der Waals surface area (Å²) in [7, 11) is 5.38. The molecule has 2 atom stereocenters. The maximum Gasteiger partial charge on any atom is 0.306 e. The predicted octanol–water partition coefficient (Wildman–Crippen LogP) is 11.0. The molecule has 8 nitrogen and oxygen atoms in total. The molecule has 0 aliphatic heterocycles. The number of aliphatic carboxylic acids is 1. The van der Waals surface area contributed by atoms with Crippen molar-refractivity contribution < 1.29 is 38.2 Å². The molecule has 8 heteroatoms. The summed E-state index contributed by atoms with van der Waals surface area (Å²) in [5, 5.41) is 11.6. The molecule has 0 radical (unpaired) electrons. The molecule has 0 aromatic carbocycles. The normalized spacial score (nSPS) is 13.6. The van der Waals surface area contributed by atoms with Crippen LogP contribution in [-0.2, 0) is 28.6 Å². The zero-order chi connectivity index (χ0) is 42.1. The van der Waals surface area contributed by atoms with Crippen LogP contribution in [0.3, 0.4) is 0 Å². The zero-order valence-corrected chi connectivity index (χ0v) is 37.0. The van der Waals surface area contributed by atoms with E-state index in [1.165, 1.54) is 70.6 Å². The summed E-state index contributed by atoms with van der Waals surface area (Å²) in [5.74, 6) is -1.81. The number of esters is 2. The van der Waals surface area contributed by atoms with Crippen molar-refractivity contribution in [1.82, 2.24) is 0 Å². The Morgan fingerprint density at radius 3 is 1.53 bits per heavy atom. The number of allylic oxidation sites excluding steroid dienone is 12. The average Bonchev–Trinajstić information content (AvgIpc) is 3.17. The fraction of sp³-hybridized carbons (Fsp3) is 0.694. The first kappa shape index (κ1) is 53.8. The van der Waals surface area contributed by atoms with Gasteiger partial charge in [-0.1, -0.05) is 164 Å². The van der Waals surface area contributed by atoms with Crippen LogP contribution in [-0.4, -0.2) is 75.5 Å². The van der Waals surface area contributed by atoms with Crippen LogP contribution in [0.4, 0.5) is 0 Å². The number of hydrogen-bond donors (Lipinski definition) is 0. The quantitative estimate of drug-likeness (QED) is 0.0201. The Bertz CT molecular complexity index is 1160. The number of nitrogens with zero attached hydrogens (tertiary/aromatic N) is 1. The van der Waals surface area contributed by atoms with E-state index in [9.17, 15) is 19.5 Å². The van der Waals surface area contributed by atoms with Crippen molar-refractivity contribution in [2.75, 3.05) is 41.0 Å².